The SMILES string of the molecule is Clc1nc(-[n+]2ccccc2)c2ccccc2n1.[Cl-]. The fourth-order valence-corrected chi connectivity index (χ4v) is 1.94. The Hall–Kier alpha value is -1.71. The first-order chi connectivity index (χ1) is 8.34. The first kappa shape index (κ1) is 12.7. The Labute approximate surface area is 115 Å². The van der Waals surface area contributed by atoms with Gasteiger partial charge in [-0.3, -0.25) is 0 Å². The third-order valence-electron chi connectivity index (χ3n) is 2.52. The fourth-order valence-electron chi connectivity index (χ4n) is 1.77. The molecule has 2 heterocycles. The maximum Gasteiger partial charge on any atom is 0.340 e. The molecule has 18 heavy (non-hydrogen) atoms. The van der Waals surface area contributed by atoms with Crippen LogP contribution in [0.4, 0.5) is 0 Å². The van der Waals surface area contributed by atoms with E-state index in [-0.39, 0.29) is 17.7 Å². The highest BCUT2D eigenvalue weighted by Crippen LogP contribution is 2.17. The van der Waals surface area contributed by atoms with Crippen molar-refractivity contribution in [2.45, 2.75) is 0 Å². The molecule has 0 unspecified atom stereocenters. The van der Waals surface area contributed by atoms with Gasteiger partial charge in [0.25, 0.3) is 0 Å². The minimum absolute atomic E-state index is 0. The van der Waals surface area contributed by atoms with E-state index in [1.807, 2.05) is 59.4 Å². The Morgan fingerprint density at radius 1 is 0.889 bits per heavy atom. The van der Waals surface area contributed by atoms with Crippen LogP contribution in [0.2, 0.25) is 5.28 Å². The molecular weight excluding hydrogens is 269 g/mol. The number of fused-ring (bicyclic) bond motifs is 1. The molecule has 5 heteroatoms. The van der Waals surface area contributed by atoms with E-state index in [0.717, 1.165) is 16.7 Å². The third kappa shape index (κ3) is 2.28. The minimum atomic E-state index is 0. The van der Waals surface area contributed by atoms with E-state index in [4.69, 9.17) is 11.6 Å². The molecule has 0 amide bonds. The maximum atomic E-state index is 5.94. The normalized spacial score (nSPS) is 10.1. The molecule has 0 bridgehead atoms. The predicted octanol–water partition coefficient (Wildman–Crippen LogP) is -0.436. The molecule has 90 valence electrons. The molecule has 0 saturated heterocycles. The van der Waals surface area contributed by atoms with Gasteiger partial charge in [-0.2, -0.15) is 4.98 Å². The molecule has 3 rings (SSSR count). The van der Waals surface area contributed by atoms with Gasteiger partial charge in [-0.05, 0) is 40.9 Å². The minimum Gasteiger partial charge on any atom is -1.00 e. The zero-order chi connectivity index (χ0) is 11.7. The number of nitrogens with zero attached hydrogens (tertiary/aromatic N) is 3. The van der Waals surface area contributed by atoms with Crippen LogP contribution in [0, 0.1) is 0 Å². The van der Waals surface area contributed by atoms with E-state index in [2.05, 4.69) is 9.97 Å². The van der Waals surface area contributed by atoms with Gasteiger partial charge < -0.3 is 12.4 Å². The second-order valence-electron chi connectivity index (χ2n) is 3.62. The van der Waals surface area contributed by atoms with E-state index in [1.54, 1.807) is 0 Å². The third-order valence-corrected chi connectivity index (χ3v) is 2.68. The fraction of sp³-hybridized carbons (Fsp3) is 0. The molecular formula is C13H9Cl2N3. The first-order valence-electron chi connectivity index (χ1n) is 5.23. The van der Waals surface area contributed by atoms with E-state index in [9.17, 15) is 0 Å². The van der Waals surface area contributed by atoms with Gasteiger partial charge >= 0.3 is 11.1 Å². The zero-order valence-corrected chi connectivity index (χ0v) is 10.8. The average molecular weight is 278 g/mol. The molecule has 0 aliphatic rings. The van der Waals surface area contributed by atoms with Crippen LogP contribution < -0.4 is 17.0 Å². The van der Waals surface area contributed by atoms with Crippen molar-refractivity contribution in [1.29, 1.82) is 0 Å². The molecule has 0 spiro atoms. The van der Waals surface area contributed by atoms with Gasteiger partial charge in [0.1, 0.15) is 0 Å². The van der Waals surface area contributed by atoms with E-state index in [0.29, 0.717) is 0 Å². The van der Waals surface area contributed by atoms with Gasteiger partial charge in [-0.1, -0.05) is 18.2 Å². The van der Waals surface area contributed by atoms with Crippen molar-refractivity contribution in [3.05, 3.63) is 60.1 Å². The molecule has 1 aromatic carbocycles. The molecule has 0 saturated carbocycles. The Morgan fingerprint density at radius 2 is 1.61 bits per heavy atom. The average Bonchev–Trinajstić information content (AvgIpc) is 2.39. The number of hydrogen-bond donors (Lipinski definition) is 0. The lowest BCUT2D eigenvalue weighted by Crippen LogP contribution is -3.00. The largest absolute Gasteiger partial charge is 1.00 e. The highest BCUT2D eigenvalue weighted by atomic mass is 35.5. The lowest BCUT2D eigenvalue weighted by molar-refractivity contribution is -0.598. The molecule has 0 N–H and O–H groups in total. The second kappa shape index (κ2) is 5.29. The highest BCUT2D eigenvalue weighted by molar-refractivity contribution is 6.28. The van der Waals surface area contributed by atoms with Crippen molar-refractivity contribution in [3.8, 4) is 5.82 Å². The van der Waals surface area contributed by atoms with Crippen LogP contribution in [0.25, 0.3) is 16.7 Å². The molecule has 0 atom stereocenters. The number of aromatic nitrogens is 3. The molecule has 0 aliphatic carbocycles. The number of halogens is 2. The van der Waals surface area contributed by atoms with Crippen LogP contribution in [0.15, 0.2) is 54.9 Å². The summed E-state index contributed by atoms with van der Waals surface area (Å²) in [6.45, 7) is 0. The summed E-state index contributed by atoms with van der Waals surface area (Å²) in [6.07, 6.45) is 3.87. The van der Waals surface area contributed by atoms with Crippen LogP contribution in [-0.4, -0.2) is 9.97 Å². The van der Waals surface area contributed by atoms with Gasteiger partial charge in [0.2, 0.25) is 0 Å². The van der Waals surface area contributed by atoms with Crippen molar-refractivity contribution in [2.24, 2.45) is 0 Å². The molecule has 2 aromatic heterocycles. The van der Waals surface area contributed by atoms with E-state index >= 15 is 0 Å². The van der Waals surface area contributed by atoms with Crippen LogP contribution in [0.1, 0.15) is 0 Å². The van der Waals surface area contributed by atoms with Gasteiger partial charge in [0, 0.05) is 0 Å². The van der Waals surface area contributed by atoms with Crippen molar-refractivity contribution in [2.75, 3.05) is 0 Å². The van der Waals surface area contributed by atoms with Crippen molar-refractivity contribution < 1.29 is 17.0 Å². The molecule has 0 fully saturated rings. The number of pyridine rings is 1. The second-order valence-corrected chi connectivity index (χ2v) is 3.95. The van der Waals surface area contributed by atoms with Crippen molar-refractivity contribution >= 4 is 22.5 Å². The summed E-state index contributed by atoms with van der Waals surface area (Å²) in [5.41, 5.74) is 0.846. The van der Waals surface area contributed by atoms with Gasteiger partial charge in [-0.15, -0.1) is 0 Å². The Bertz CT molecular complexity index is 671. The monoisotopic (exact) mass is 277 g/mol. The summed E-state index contributed by atoms with van der Waals surface area (Å²) in [5, 5.41) is 1.24. The van der Waals surface area contributed by atoms with Gasteiger partial charge in [0.05, 0.1) is 23.3 Å². The summed E-state index contributed by atoms with van der Waals surface area (Å²) in [7, 11) is 0. The number of rotatable bonds is 1. The van der Waals surface area contributed by atoms with Crippen LogP contribution in [0.3, 0.4) is 0 Å². The zero-order valence-electron chi connectivity index (χ0n) is 9.29. The Balaban J connectivity index is 0.00000120. The van der Waals surface area contributed by atoms with Crippen molar-refractivity contribution in [1.82, 2.24) is 9.97 Å². The summed E-state index contributed by atoms with van der Waals surface area (Å²) in [6, 6.07) is 13.7. The number of benzene rings is 1. The van der Waals surface area contributed by atoms with Gasteiger partial charge in [0.15, 0.2) is 0 Å². The van der Waals surface area contributed by atoms with Gasteiger partial charge in [-0.25, -0.2) is 4.57 Å². The first-order valence-corrected chi connectivity index (χ1v) is 5.61. The summed E-state index contributed by atoms with van der Waals surface area (Å²) < 4.78 is 1.93. The summed E-state index contributed by atoms with van der Waals surface area (Å²) in [4.78, 5) is 8.49. The Morgan fingerprint density at radius 3 is 2.39 bits per heavy atom. The predicted molar refractivity (Wildman–Crippen MR) is 66.1 cm³/mol. The van der Waals surface area contributed by atoms with Crippen LogP contribution in [-0.2, 0) is 0 Å². The quantitative estimate of drug-likeness (QED) is 0.446. The van der Waals surface area contributed by atoms with E-state index in [1.165, 1.54) is 0 Å². The van der Waals surface area contributed by atoms with Crippen LogP contribution >= 0.6 is 11.6 Å². The molecule has 0 radical (unpaired) electrons. The molecule has 3 aromatic rings. The number of hydrogen-bond acceptors (Lipinski definition) is 2. The smallest absolute Gasteiger partial charge is 0.340 e. The van der Waals surface area contributed by atoms with Crippen molar-refractivity contribution in [3.63, 3.8) is 0 Å². The van der Waals surface area contributed by atoms with E-state index < -0.39 is 0 Å². The standard InChI is InChI=1S/C13H9ClN3.ClH/c14-13-15-11-7-3-2-6-10(11)12(16-13)17-8-4-1-5-9-17;/h1-9H;1H/q+1;/p-1. The summed E-state index contributed by atoms with van der Waals surface area (Å²) in [5.74, 6) is 0.793. The maximum absolute atomic E-state index is 5.94. The molecule has 3 nitrogen and oxygen atoms in total. The molecule has 0 aliphatic heterocycles. The Kier molecular flexibility index (Phi) is 3.75. The van der Waals surface area contributed by atoms with Crippen LogP contribution in [0.5, 0.6) is 0 Å². The lowest BCUT2D eigenvalue weighted by Gasteiger charge is -1.99. The number of para-hydroxylation sites is 1. The lowest BCUT2D eigenvalue weighted by atomic mass is 10.2. The highest BCUT2D eigenvalue weighted by Gasteiger charge is 2.15. The summed E-state index contributed by atoms with van der Waals surface area (Å²) >= 11 is 5.94. The topological polar surface area (TPSA) is 29.7 Å².